The van der Waals surface area contributed by atoms with Crippen LogP contribution in [0.15, 0.2) is 29.0 Å². The van der Waals surface area contributed by atoms with Gasteiger partial charge in [0, 0.05) is 48.3 Å². The molecule has 8 heteroatoms. The third kappa shape index (κ3) is 5.48. The van der Waals surface area contributed by atoms with Crippen molar-refractivity contribution >= 4 is 33.6 Å². The standard InChI is InChI=1S/C15H19BrN6O/c1-3-18-15-21-10(2)6-13(22-15)19-4-5-20-14(23)11-7-12(16)9-17-8-11/h6-9H,3-5H2,1-2H3,(H,20,23)(H2,18,19,21,22). The smallest absolute Gasteiger partial charge is 0.252 e. The zero-order valence-corrected chi connectivity index (χ0v) is 14.6. The van der Waals surface area contributed by atoms with Gasteiger partial charge in [-0.3, -0.25) is 9.78 Å². The molecular weight excluding hydrogens is 360 g/mol. The maximum atomic E-state index is 12.0. The molecule has 0 saturated heterocycles. The lowest BCUT2D eigenvalue weighted by Gasteiger charge is -2.10. The Balaban J connectivity index is 1.82. The van der Waals surface area contributed by atoms with E-state index in [1.807, 2.05) is 19.9 Å². The monoisotopic (exact) mass is 378 g/mol. The van der Waals surface area contributed by atoms with Crippen LogP contribution in [0, 0.1) is 6.92 Å². The van der Waals surface area contributed by atoms with E-state index in [0.717, 1.165) is 22.5 Å². The molecule has 0 radical (unpaired) electrons. The minimum atomic E-state index is -0.159. The normalized spacial score (nSPS) is 10.2. The van der Waals surface area contributed by atoms with Crippen LogP contribution in [0.5, 0.6) is 0 Å². The molecule has 2 heterocycles. The van der Waals surface area contributed by atoms with E-state index >= 15 is 0 Å². The van der Waals surface area contributed by atoms with Crippen molar-refractivity contribution < 1.29 is 4.79 Å². The summed E-state index contributed by atoms with van der Waals surface area (Å²) >= 11 is 3.29. The Bertz CT molecular complexity index is 679. The fraction of sp³-hybridized carbons (Fsp3) is 0.333. The Morgan fingerprint density at radius 3 is 2.74 bits per heavy atom. The zero-order chi connectivity index (χ0) is 16.7. The minimum absolute atomic E-state index is 0.159. The minimum Gasteiger partial charge on any atom is -0.368 e. The van der Waals surface area contributed by atoms with Crippen molar-refractivity contribution in [3.8, 4) is 0 Å². The van der Waals surface area contributed by atoms with Crippen molar-refractivity contribution in [3.05, 3.63) is 40.3 Å². The van der Waals surface area contributed by atoms with Gasteiger partial charge in [-0.15, -0.1) is 0 Å². The summed E-state index contributed by atoms with van der Waals surface area (Å²) in [6.45, 7) is 5.71. The molecule has 122 valence electrons. The van der Waals surface area contributed by atoms with Gasteiger partial charge in [0.25, 0.3) is 5.91 Å². The number of rotatable bonds is 7. The number of nitrogens with one attached hydrogen (secondary N) is 3. The zero-order valence-electron chi connectivity index (χ0n) is 13.1. The van der Waals surface area contributed by atoms with Crippen molar-refractivity contribution in [2.45, 2.75) is 13.8 Å². The van der Waals surface area contributed by atoms with Crippen LogP contribution in [0.3, 0.4) is 0 Å². The summed E-state index contributed by atoms with van der Waals surface area (Å²) in [5, 5.41) is 9.08. The van der Waals surface area contributed by atoms with E-state index in [1.54, 1.807) is 12.3 Å². The van der Waals surface area contributed by atoms with Gasteiger partial charge in [-0.25, -0.2) is 4.98 Å². The number of hydrogen-bond acceptors (Lipinski definition) is 6. The average molecular weight is 379 g/mol. The number of carbonyl (C=O) groups is 1. The van der Waals surface area contributed by atoms with E-state index < -0.39 is 0 Å². The van der Waals surface area contributed by atoms with Crippen molar-refractivity contribution in [1.82, 2.24) is 20.3 Å². The van der Waals surface area contributed by atoms with E-state index in [1.165, 1.54) is 6.20 Å². The van der Waals surface area contributed by atoms with Crippen LogP contribution in [0.25, 0.3) is 0 Å². The van der Waals surface area contributed by atoms with Gasteiger partial charge in [-0.05, 0) is 35.8 Å². The van der Waals surface area contributed by atoms with Crippen molar-refractivity contribution in [2.24, 2.45) is 0 Å². The summed E-state index contributed by atoms with van der Waals surface area (Å²) in [5.41, 5.74) is 1.40. The molecule has 3 N–H and O–H groups in total. The largest absolute Gasteiger partial charge is 0.368 e. The molecule has 7 nitrogen and oxygen atoms in total. The molecule has 0 aliphatic carbocycles. The highest BCUT2D eigenvalue weighted by molar-refractivity contribution is 9.10. The summed E-state index contributed by atoms with van der Waals surface area (Å²) in [6, 6.07) is 3.59. The van der Waals surface area contributed by atoms with Crippen molar-refractivity contribution in [3.63, 3.8) is 0 Å². The van der Waals surface area contributed by atoms with Gasteiger partial charge in [0.05, 0.1) is 5.56 Å². The van der Waals surface area contributed by atoms with Crippen LogP contribution in [0.2, 0.25) is 0 Å². The van der Waals surface area contributed by atoms with E-state index in [0.29, 0.717) is 24.6 Å². The van der Waals surface area contributed by atoms with Crippen molar-refractivity contribution in [1.29, 1.82) is 0 Å². The van der Waals surface area contributed by atoms with E-state index in [-0.39, 0.29) is 5.91 Å². The molecule has 0 aromatic carbocycles. The summed E-state index contributed by atoms with van der Waals surface area (Å²) in [6.07, 6.45) is 3.17. The van der Waals surface area contributed by atoms with Crippen LogP contribution in [-0.4, -0.2) is 40.5 Å². The molecule has 2 aromatic rings. The molecule has 0 atom stereocenters. The molecular formula is C15H19BrN6O. The predicted octanol–water partition coefficient (Wildman–Crippen LogP) is 2.22. The number of nitrogens with zero attached hydrogens (tertiary/aromatic N) is 3. The number of pyridine rings is 1. The Labute approximate surface area is 143 Å². The Kier molecular flexibility index (Phi) is 6.28. The third-order valence-electron chi connectivity index (χ3n) is 2.87. The lowest BCUT2D eigenvalue weighted by atomic mass is 10.3. The van der Waals surface area contributed by atoms with Gasteiger partial charge in [0.1, 0.15) is 5.82 Å². The lowest BCUT2D eigenvalue weighted by molar-refractivity contribution is 0.0954. The van der Waals surface area contributed by atoms with Crippen LogP contribution in [0.1, 0.15) is 23.0 Å². The second-order valence-corrected chi connectivity index (χ2v) is 5.74. The first kappa shape index (κ1) is 17.1. The number of carbonyl (C=O) groups excluding carboxylic acids is 1. The van der Waals surface area contributed by atoms with E-state index in [9.17, 15) is 4.79 Å². The van der Waals surface area contributed by atoms with E-state index in [4.69, 9.17) is 0 Å². The molecule has 0 bridgehead atoms. The molecule has 0 unspecified atom stereocenters. The number of anilines is 2. The number of hydrogen-bond donors (Lipinski definition) is 3. The first-order valence-electron chi connectivity index (χ1n) is 7.30. The number of amides is 1. The number of halogens is 1. The maximum Gasteiger partial charge on any atom is 0.252 e. The first-order chi connectivity index (χ1) is 11.1. The second-order valence-electron chi connectivity index (χ2n) is 4.82. The summed E-state index contributed by atoms with van der Waals surface area (Å²) in [4.78, 5) is 24.6. The van der Waals surface area contributed by atoms with Crippen LogP contribution >= 0.6 is 15.9 Å². The van der Waals surface area contributed by atoms with Crippen LogP contribution < -0.4 is 16.0 Å². The van der Waals surface area contributed by atoms with Gasteiger partial charge >= 0.3 is 0 Å². The molecule has 2 aromatic heterocycles. The Morgan fingerprint density at radius 2 is 2.00 bits per heavy atom. The Hall–Kier alpha value is -2.22. The average Bonchev–Trinajstić information content (AvgIpc) is 2.51. The van der Waals surface area contributed by atoms with Gasteiger partial charge in [-0.1, -0.05) is 0 Å². The SMILES string of the molecule is CCNc1nc(C)cc(NCCNC(=O)c2cncc(Br)c2)n1. The van der Waals surface area contributed by atoms with Crippen LogP contribution in [0.4, 0.5) is 11.8 Å². The first-order valence-corrected chi connectivity index (χ1v) is 8.10. The Morgan fingerprint density at radius 1 is 1.17 bits per heavy atom. The molecule has 0 aliphatic rings. The summed E-state index contributed by atoms with van der Waals surface area (Å²) in [5.74, 6) is 1.17. The topological polar surface area (TPSA) is 91.8 Å². The molecule has 23 heavy (non-hydrogen) atoms. The molecule has 0 saturated carbocycles. The van der Waals surface area contributed by atoms with E-state index in [2.05, 4.69) is 46.8 Å². The highest BCUT2D eigenvalue weighted by atomic mass is 79.9. The van der Waals surface area contributed by atoms with Crippen LogP contribution in [-0.2, 0) is 0 Å². The highest BCUT2D eigenvalue weighted by Gasteiger charge is 2.06. The van der Waals surface area contributed by atoms with Gasteiger partial charge < -0.3 is 16.0 Å². The fourth-order valence-corrected chi connectivity index (χ4v) is 2.27. The summed E-state index contributed by atoms with van der Waals surface area (Å²) < 4.78 is 0.774. The second kappa shape index (κ2) is 8.42. The quantitative estimate of drug-likeness (QED) is 0.639. The van der Waals surface area contributed by atoms with Gasteiger partial charge in [0.15, 0.2) is 0 Å². The van der Waals surface area contributed by atoms with Gasteiger partial charge in [0.2, 0.25) is 5.95 Å². The molecule has 1 amide bonds. The lowest BCUT2D eigenvalue weighted by Crippen LogP contribution is -2.29. The number of aromatic nitrogens is 3. The van der Waals surface area contributed by atoms with Gasteiger partial charge in [-0.2, -0.15) is 4.98 Å². The maximum absolute atomic E-state index is 12.0. The highest BCUT2D eigenvalue weighted by Crippen LogP contribution is 2.10. The molecule has 0 aliphatic heterocycles. The number of aryl methyl sites for hydroxylation is 1. The molecule has 0 fully saturated rings. The summed E-state index contributed by atoms with van der Waals surface area (Å²) in [7, 11) is 0. The molecule has 2 rings (SSSR count). The molecule has 0 spiro atoms. The predicted molar refractivity (Wildman–Crippen MR) is 93.7 cm³/mol. The fourth-order valence-electron chi connectivity index (χ4n) is 1.90. The third-order valence-corrected chi connectivity index (χ3v) is 3.31. The van der Waals surface area contributed by atoms with Crippen molar-refractivity contribution in [2.75, 3.05) is 30.3 Å².